The molecule has 7 nitrogen and oxygen atoms in total. The number of aliphatic carboxylic acids is 1. The highest BCUT2D eigenvalue weighted by Gasteiger charge is 2.12. The van der Waals surface area contributed by atoms with Crippen molar-refractivity contribution < 1.29 is 14.7 Å². The Labute approximate surface area is 55.4 Å². The SMILES string of the molecule is NC(=O)N(CC(=O)O)N=O. The summed E-state index contributed by atoms with van der Waals surface area (Å²) in [5.74, 6) is -1.35. The number of urea groups is 1. The maximum absolute atomic E-state index is 10.1. The van der Waals surface area contributed by atoms with Crippen LogP contribution in [0.5, 0.6) is 0 Å². The number of primary amides is 1. The van der Waals surface area contributed by atoms with Crippen LogP contribution in [0.15, 0.2) is 5.29 Å². The monoisotopic (exact) mass is 147 g/mol. The van der Waals surface area contributed by atoms with Gasteiger partial charge >= 0.3 is 12.0 Å². The second kappa shape index (κ2) is 3.38. The molecule has 0 heterocycles. The zero-order valence-corrected chi connectivity index (χ0v) is 4.85. The molecule has 0 aliphatic rings. The van der Waals surface area contributed by atoms with E-state index in [0.717, 1.165) is 0 Å². The largest absolute Gasteiger partial charge is 0.480 e. The van der Waals surface area contributed by atoms with Gasteiger partial charge in [-0.1, -0.05) is 0 Å². The van der Waals surface area contributed by atoms with E-state index in [4.69, 9.17) is 5.11 Å². The van der Waals surface area contributed by atoms with Crippen molar-refractivity contribution in [2.45, 2.75) is 0 Å². The van der Waals surface area contributed by atoms with E-state index in [1.54, 1.807) is 0 Å². The lowest BCUT2D eigenvalue weighted by atomic mass is 10.6. The molecule has 0 saturated heterocycles. The van der Waals surface area contributed by atoms with Crippen molar-refractivity contribution in [2.24, 2.45) is 11.0 Å². The van der Waals surface area contributed by atoms with Crippen LogP contribution in [0.25, 0.3) is 0 Å². The molecule has 0 rings (SSSR count). The summed E-state index contributed by atoms with van der Waals surface area (Å²) in [6, 6.07) is -1.18. The lowest BCUT2D eigenvalue weighted by Gasteiger charge is -2.04. The summed E-state index contributed by atoms with van der Waals surface area (Å²) in [5, 5.41) is 10.2. The van der Waals surface area contributed by atoms with E-state index >= 15 is 0 Å². The maximum Gasteiger partial charge on any atom is 0.338 e. The highest BCUT2D eigenvalue weighted by molar-refractivity contribution is 5.78. The molecule has 0 spiro atoms. The van der Waals surface area contributed by atoms with Crippen LogP contribution >= 0.6 is 0 Å². The van der Waals surface area contributed by atoms with Gasteiger partial charge in [-0.3, -0.25) is 4.79 Å². The molecule has 0 aromatic carbocycles. The van der Waals surface area contributed by atoms with Crippen LogP contribution in [0.4, 0.5) is 4.79 Å². The number of hydrogen-bond donors (Lipinski definition) is 2. The molecule has 0 aromatic heterocycles. The van der Waals surface area contributed by atoms with Crippen molar-refractivity contribution in [3.8, 4) is 0 Å². The van der Waals surface area contributed by atoms with E-state index in [0.29, 0.717) is 0 Å². The number of hydrogen-bond acceptors (Lipinski definition) is 4. The number of carbonyl (C=O) groups is 2. The maximum atomic E-state index is 10.1. The van der Waals surface area contributed by atoms with Gasteiger partial charge in [-0.15, -0.1) is 4.91 Å². The summed E-state index contributed by atoms with van der Waals surface area (Å²) in [6.45, 7) is -0.807. The Balaban J connectivity index is 3.96. The van der Waals surface area contributed by atoms with E-state index in [1.807, 2.05) is 0 Å². The van der Waals surface area contributed by atoms with Gasteiger partial charge in [0.1, 0.15) is 6.54 Å². The molecule has 0 radical (unpaired) electrons. The zero-order chi connectivity index (χ0) is 8.15. The Bertz CT molecular complexity index is 167. The van der Waals surface area contributed by atoms with E-state index in [9.17, 15) is 14.5 Å². The van der Waals surface area contributed by atoms with Gasteiger partial charge in [-0.2, -0.15) is 5.01 Å². The Kier molecular flexibility index (Phi) is 2.82. The molecule has 0 aliphatic heterocycles. The molecule has 3 N–H and O–H groups in total. The summed E-state index contributed by atoms with van der Waals surface area (Å²) in [4.78, 5) is 29.5. The van der Waals surface area contributed by atoms with Crippen LogP contribution in [0, 0.1) is 4.91 Å². The van der Waals surface area contributed by atoms with Gasteiger partial charge in [0.15, 0.2) is 0 Å². The molecule has 7 heteroatoms. The number of carbonyl (C=O) groups excluding carboxylic acids is 1. The van der Waals surface area contributed by atoms with Gasteiger partial charge in [-0.05, 0) is 0 Å². The Hall–Kier alpha value is -1.66. The van der Waals surface area contributed by atoms with Crippen molar-refractivity contribution in [2.75, 3.05) is 6.54 Å². The van der Waals surface area contributed by atoms with Crippen molar-refractivity contribution in [3.63, 3.8) is 0 Å². The molecule has 0 aromatic rings. The third kappa shape index (κ3) is 2.60. The van der Waals surface area contributed by atoms with Gasteiger partial charge in [0.2, 0.25) is 0 Å². The molecule has 10 heavy (non-hydrogen) atoms. The fourth-order valence-electron chi connectivity index (χ4n) is 0.275. The normalized spacial score (nSPS) is 8.40. The number of rotatable bonds is 3. The van der Waals surface area contributed by atoms with Crippen molar-refractivity contribution >= 4 is 12.0 Å². The molecule has 0 saturated carbocycles. The molecule has 0 bridgehead atoms. The zero-order valence-electron chi connectivity index (χ0n) is 4.85. The first-order valence-electron chi connectivity index (χ1n) is 2.20. The van der Waals surface area contributed by atoms with Crippen LogP contribution in [-0.2, 0) is 4.79 Å². The summed E-state index contributed by atoms with van der Waals surface area (Å²) >= 11 is 0. The first-order chi connectivity index (χ1) is 4.57. The number of nitrogens with two attached hydrogens (primary N) is 1. The van der Waals surface area contributed by atoms with Crippen LogP contribution < -0.4 is 5.73 Å². The van der Waals surface area contributed by atoms with Gasteiger partial charge in [-0.25, -0.2) is 4.79 Å². The molecule has 56 valence electrons. The van der Waals surface area contributed by atoms with Gasteiger partial charge < -0.3 is 10.8 Å². The minimum atomic E-state index is -1.35. The predicted molar refractivity (Wildman–Crippen MR) is 29.7 cm³/mol. The second-order valence-corrected chi connectivity index (χ2v) is 1.37. The number of amides is 2. The number of carboxylic acid groups (broad SMARTS) is 1. The van der Waals surface area contributed by atoms with E-state index in [1.165, 1.54) is 0 Å². The average molecular weight is 147 g/mol. The summed E-state index contributed by atoms with van der Waals surface area (Å²) in [6.07, 6.45) is 0. The number of carboxylic acids is 1. The predicted octanol–water partition coefficient (Wildman–Crippen LogP) is -0.867. The second-order valence-electron chi connectivity index (χ2n) is 1.37. The van der Waals surface area contributed by atoms with Gasteiger partial charge in [0.25, 0.3) is 0 Å². The summed E-state index contributed by atoms with van der Waals surface area (Å²) < 4.78 is 0. The van der Waals surface area contributed by atoms with Crippen molar-refractivity contribution in [3.05, 3.63) is 4.91 Å². The Morgan fingerprint density at radius 3 is 2.20 bits per heavy atom. The fourth-order valence-corrected chi connectivity index (χ4v) is 0.275. The van der Waals surface area contributed by atoms with E-state index < -0.39 is 18.5 Å². The van der Waals surface area contributed by atoms with Crippen molar-refractivity contribution in [1.29, 1.82) is 0 Å². The summed E-state index contributed by atoms with van der Waals surface area (Å²) in [5.41, 5.74) is 4.53. The number of nitrogens with zero attached hydrogens (tertiary/aromatic N) is 2. The molecule has 2 amide bonds. The van der Waals surface area contributed by atoms with Crippen LogP contribution in [0.2, 0.25) is 0 Å². The fraction of sp³-hybridized carbons (Fsp3) is 0.333. The molecular weight excluding hydrogens is 142 g/mol. The van der Waals surface area contributed by atoms with E-state index in [-0.39, 0.29) is 5.01 Å². The number of nitroso groups, excluding NO2 is 1. The molecule has 0 atom stereocenters. The third-order valence-corrected chi connectivity index (χ3v) is 0.638. The van der Waals surface area contributed by atoms with Crippen LogP contribution in [0.1, 0.15) is 0 Å². The van der Waals surface area contributed by atoms with Gasteiger partial charge in [0, 0.05) is 0 Å². The lowest BCUT2D eigenvalue weighted by molar-refractivity contribution is -0.137. The van der Waals surface area contributed by atoms with E-state index in [2.05, 4.69) is 11.0 Å². The van der Waals surface area contributed by atoms with Gasteiger partial charge in [0.05, 0.1) is 5.29 Å². The Morgan fingerprint density at radius 1 is 1.60 bits per heavy atom. The highest BCUT2D eigenvalue weighted by Crippen LogP contribution is 1.86. The topological polar surface area (TPSA) is 113 Å². The minimum Gasteiger partial charge on any atom is -0.480 e. The third-order valence-electron chi connectivity index (χ3n) is 0.638. The molecule has 0 fully saturated rings. The molecular formula is C3H5N3O4. The first-order valence-corrected chi connectivity index (χ1v) is 2.20. The lowest BCUT2D eigenvalue weighted by Crippen LogP contribution is -2.34. The van der Waals surface area contributed by atoms with Crippen molar-refractivity contribution in [1.82, 2.24) is 5.01 Å². The molecule has 0 unspecified atom stereocenters. The average Bonchev–Trinajstić information content (AvgIpc) is 1.81. The highest BCUT2D eigenvalue weighted by atomic mass is 16.4. The summed E-state index contributed by atoms with van der Waals surface area (Å²) in [7, 11) is 0. The van der Waals surface area contributed by atoms with Crippen LogP contribution in [-0.4, -0.2) is 28.7 Å². The smallest absolute Gasteiger partial charge is 0.338 e. The quantitative estimate of drug-likeness (QED) is 0.399. The molecule has 0 aliphatic carbocycles. The Morgan fingerprint density at radius 2 is 2.10 bits per heavy atom. The standard InChI is InChI=1S/C3H5N3O4/c4-3(9)6(5-10)1-2(7)8/h1H2,(H2,4,9)(H,7,8). The minimum absolute atomic E-state index is 0.0995. The first kappa shape index (κ1) is 8.34. The van der Waals surface area contributed by atoms with Crippen LogP contribution in [0.3, 0.4) is 0 Å².